The van der Waals surface area contributed by atoms with Gasteiger partial charge in [-0.25, -0.2) is 0 Å². The van der Waals surface area contributed by atoms with E-state index in [1.165, 1.54) is 38.8 Å². The molecule has 0 aromatic rings. The molecule has 2 heterocycles. The highest BCUT2D eigenvalue weighted by molar-refractivity contribution is 5.00. The van der Waals surface area contributed by atoms with Gasteiger partial charge in [0.25, 0.3) is 0 Å². The largest absolute Gasteiger partial charge is 0.329 e. The first-order chi connectivity index (χ1) is 7.18. The van der Waals surface area contributed by atoms with Crippen LogP contribution in [0.1, 0.15) is 32.6 Å². The molecule has 3 heteroatoms. The lowest BCUT2D eigenvalue weighted by atomic mass is 9.87. The third kappa shape index (κ3) is 2.05. The van der Waals surface area contributed by atoms with E-state index < -0.39 is 0 Å². The molecule has 2 unspecified atom stereocenters. The molecular formula is C12H25N3. The zero-order valence-corrected chi connectivity index (χ0v) is 10.2. The van der Waals surface area contributed by atoms with E-state index in [0.29, 0.717) is 0 Å². The summed E-state index contributed by atoms with van der Waals surface area (Å²) in [5.74, 6) is 0. The van der Waals surface area contributed by atoms with E-state index in [4.69, 9.17) is 5.73 Å². The van der Waals surface area contributed by atoms with Crippen molar-refractivity contribution < 1.29 is 0 Å². The fraction of sp³-hybridized carbons (Fsp3) is 1.00. The van der Waals surface area contributed by atoms with Gasteiger partial charge in [0.05, 0.1) is 0 Å². The minimum Gasteiger partial charge on any atom is -0.329 e. The highest BCUT2D eigenvalue weighted by Gasteiger charge is 2.42. The van der Waals surface area contributed by atoms with Gasteiger partial charge in [-0.3, -0.25) is 4.90 Å². The van der Waals surface area contributed by atoms with Gasteiger partial charge in [-0.05, 0) is 52.7 Å². The van der Waals surface area contributed by atoms with Crippen molar-refractivity contribution in [1.82, 2.24) is 9.80 Å². The molecule has 2 aliphatic rings. The monoisotopic (exact) mass is 211 g/mol. The minimum absolute atomic E-state index is 0.281. The van der Waals surface area contributed by atoms with Crippen LogP contribution in [0.5, 0.6) is 0 Å². The SMILES string of the molecule is CC1CCCN1C1(CN)CCCN(C)C1. The van der Waals surface area contributed by atoms with Crippen molar-refractivity contribution in [2.45, 2.75) is 44.2 Å². The Morgan fingerprint density at radius 3 is 2.67 bits per heavy atom. The van der Waals surface area contributed by atoms with Crippen LogP contribution in [0.2, 0.25) is 0 Å². The molecule has 2 saturated heterocycles. The summed E-state index contributed by atoms with van der Waals surface area (Å²) >= 11 is 0. The van der Waals surface area contributed by atoms with Gasteiger partial charge >= 0.3 is 0 Å². The maximum absolute atomic E-state index is 6.07. The van der Waals surface area contributed by atoms with Crippen molar-refractivity contribution in [1.29, 1.82) is 0 Å². The number of likely N-dealkylation sites (N-methyl/N-ethyl adjacent to an activating group) is 1. The standard InChI is InChI=1S/C12H25N3/c1-11-5-3-8-15(11)12(9-13)6-4-7-14(2)10-12/h11H,3-10,13H2,1-2H3. The van der Waals surface area contributed by atoms with Crippen LogP contribution in [0.15, 0.2) is 0 Å². The Hall–Kier alpha value is -0.120. The number of nitrogens with zero attached hydrogens (tertiary/aromatic N) is 2. The van der Waals surface area contributed by atoms with Gasteiger partial charge in [0, 0.05) is 24.7 Å². The first-order valence-corrected chi connectivity index (χ1v) is 6.33. The first-order valence-electron chi connectivity index (χ1n) is 6.33. The highest BCUT2D eigenvalue weighted by atomic mass is 15.3. The van der Waals surface area contributed by atoms with Gasteiger partial charge in [0.1, 0.15) is 0 Å². The smallest absolute Gasteiger partial charge is 0.0461 e. The molecule has 0 radical (unpaired) electrons. The molecule has 88 valence electrons. The van der Waals surface area contributed by atoms with E-state index in [-0.39, 0.29) is 5.54 Å². The van der Waals surface area contributed by atoms with Gasteiger partial charge in [-0.1, -0.05) is 0 Å². The molecular weight excluding hydrogens is 186 g/mol. The molecule has 0 aromatic heterocycles. The third-order valence-electron chi connectivity index (χ3n) is 4.29. The summed E-state index contributed by atoms with van der Waals surface area (Å²) < 4.78 is 0. The second-order valence-electron chi connectivity index (χ2n) is 5.45. The molecule has 0 spiro atoms. The molecule has 2 aliphatic heterocycles. The topological polar surface area (TPSA) is 32.5 Å². The molecule has 2 rings (SSSR count). The Morgan fingerprint density at radius 1 is 1.33 bits per heavy atom. The van der Waals surface area contributed by atoms with E-state index in [9.17, 15) is 0 Å². The van der Waals surface area contributed by atoms with Crippen molar-refractivity contribution in [3.05, 3.63) is 0 Å². The predicted molar refractivity (Wildman–Crippen MR) is 63.9 cm³/mol. The Bertz CT molecular complexity index is 219. The summed E-state index contributed by atoms with van der Waals surface area (Å²) in [6.45, 7) is 6.84. The Labute approximate surface area is 93.6 Å². The van der Waals surface area contributed by atoms with Crippen LogP contribution in [0.25, 0.3) is 0 Å². The van der Waals surface area contributed by atoms with Crippen LogP contribution in [0.4, 0.5) is 0 Å². The second kappa shape index (κ2) is 4.40. The van der Waals surface area contributed by atoms with E-state index in [0.717, 1.165) is 19.1 Å². The summed E-state index contributed by atoms with van der Waals surface area (Å²) in [5.41, 5.74) is 6.35. The number of likely N-dealkylation sites (tertiary alicyclic amines) is 2. The number of hydrogen-bond acceptors (Lipinski definition) is 3. The molecule has 15 heavy (non-hydrogen) atoms. The second-order valence-corrected chi connectivity index (χ2v) is 5.45. The van der Waals surface area contributed by atoms with Gasteiger partial charge in [0.2, 0.25) is 0 Å². The highest BCUT2D eigenvalue weighted by Crippen LogP contribution is 2.32. The molecule has 0 aliphatic carbocycles. The van der Waals surface area contributed by atoms with Crippen molar-refractivity contribution in [3.8, 4) is 0 Å². The van der Waals surface area contributed by atoms with Crippen LogP contribution in [0.3, 0.4) is 0 Å². The Morgan fingerprint density at radius 2 is 2.13 bits per heavy atom. The predicted octanol–water partition coefficient (Wildman–Crippen LogP) is 0.894. The quantitative estimate of drug-likeness (QED) is 0.736. The van der Waals surface area contributed by atoms with Crippen molar-refractivity contribution in [2.75, 3.05) is 33.2 Å². The van der Waals surface area contributed by atoms with Crippen molar-refractivity contribution >= 4 is 0 Å². The number of hydrogen-bond donors (Lipinski definition) is 1. The van der Waals surface area contributed by atoms with Crippen molar-refractivity contribution in [3.63, 3.8) is 0 Å². The maximum Gasteiger partial charge on any atom is 0.0461 e. The Kier molecular flexibility index (Phi) is 3.33. The van der Waals surface area contributed by atoms with Crippen LogP contribution >= 0.6 is 0 Å². The maximum atomic E-state index is 6.07. The van der Waals surface area contributed by atoms with Gasteiger partial charge in [-0.2, -0.15) is 0 Å². The molecule has 0 aromatic carbocycles. The lowest BCUT2D eigenvalue weighted by molar-refractivity contribution is 0.0211. The number of piperidine rings is 1. The van der Waals surface area contributed by atoms with Crippen molar-refractivity contribution in [2.24, 2.45) is 5.73 Å². The van der Waals surface area contributed by atoms with Gasteiger partial charge in [0.15, 0.2) is 0 Å². The average molecular weight is 211 g/mol. The molecule has 2 N–H and O–H groups in total. The third-order valence-corrected chi connectivity index (χ3v) is 4.29. The normalized spacial score (nSPS) is 39.8. The lowest BCUT2D eigenvalue weighted by Crippen LogP contribution is -2.62. The molecule has 0 bridgehead atoms. The van der Waals surface area contributed by atoms with E-state index in [1.54, 1.807) is 0 Å². The summed E-state index contributed by atoms with van der Waals surface area (Å²) in [4.78, 5) is 5.13. The molecule has 2 atom stereocenters. The van der Waals surface area contributed by atoms with Gasteiger partial charge in [-0.15, -0.1) is 0 Å². The van der Waals surface area contributed by atoms with Crippen LogP contribution < -0.4 is 5.73 Å². The lowest BCUT2D eigenvalue weighted by Gasteiger charge is -2.48. The first kappa shape index (κ1) is 11.4. The van der Waals surface area contributed by atoms with Gasteiger partial charge < -0.3 is 10.6 Å². The fourth-order valence-corrected chi connectivity index (χ4v) is 3.49. The summed E-state index contributed by atoms with van der Waals surface area (Å²) in [6, 6.07) is 0.736. The molecule has 2 fully saturated rings. The summed E-state index contributed by atoms with van der Waals surface area (Å²) in [7, 11) is 2.23. The van der Waals surface area contributed by atoms with E-state index in [1.807, 2.05) is 0 Å². The zero-order valence-electron chi connectivity index (χ0n) is 10.2. The Balaban J connectivity index is 2.12. The summed E-state index contributed by atoms with van der Waals surface area (Å²) in [6.07, 6.45) is 5.30. The van der Waals surface area contributed by atoms with E-state index in [2.05, 4.69) is 23.8 Å². The number of rotatable bonds is 2. The van der Waals surface area contributed by atoms with Crippen LogP contribution in [0, 0.1) is 0 Å². The zero-order chi connectivity index (χ0) is 10.9. The van der Waals surface area contributed by atoms with Crippen LogP contribution in [-0.2, 0) is 0 Å². The minimum atomic E-state index is 0.281. The van der Waals surface area contributed by atoms with Crippen LogP contribution in [-0.4, -0.2) is 54.6 Å². The summed E-state index contributed by atoms with van der Waals surface area (Å²) in [5, 5.41) is 0. The van der Waals surface area contributed by atoms with E-state index >= 15 is 0 Å². The number of nitrogens with two attached hydrogens (primary N) is 1. The molecule has 0 amide bonds. The average Bonchev–Trinajstić information content (AvgIpc) is 2.65. The molecule has 0 saturated carbocycles. The fourth-order valence-electron chi connectivity index (χ4n) is 3.49. The molecule has 3 nitrogen and oxygen atoms in total.